The second kappa shape index (κ2) is 3.84. The van der Waals surface area contributed by atoms with Crippen molar-refractivity contribution in [3.8, 4) is 5.75 Å². The van der Waals surface area contributed by atoms with E-state index in [1.165, 1.54) is 0 Å². The molecule has 0 spiro atoms. The first kappa shape index (κ1) is 10.5. The maximum Gasteiger partial charge on any atom is 0.309 e. The quantitative estimate of drug-likeness (QED) is 0.844. The summed E-state index contributed by atoms with van der Waals surface area (Å²) >= 11 is 0. The van der Waals surface area contributed by atoms with E-state index in [4.69, 9.17) is 9.84 Å². The van der Waals surface area contributed by atoms with E-state index in [0.717, 1.165) is 10.9 Å². The van der Waals surface area contributed by atoms with Gasteiger partial charge in [-0.1, -0.05) is 12.1 Å². The van der Waals surface area contributed by atoms with Crippen molar-refractivity contribution in [1.82, 2.24) is 9.78 Å². The molecule has 0 saturated heterocycles. The fourth-order valence-electron chi connectivity index (χ4n) is 1.81. The minimum atomic E-state index is -0.886. The average molecular weight is 220 g/mol. The predicted molar refractivity (Wildman–Crippen MR) is 58.6 cm³/mol. The molecule has 0 unspecified atom stereocenters. The number of carbonyl (C=O) groups is 1. The Balaban J connectivity index is 2.66. The van der Waals surface area contributed by atoms with E-state index in [9.17, 15) is 4.79 Å². The number of hydrogen-bond donors (Lipinski definition) is 1. The molecule has 5 heteroatoms. The van der Waals surface area contributed by atoms with Crippen LogP contribution in [0.25, 0.3) is 10.9 Å². The molecule has 0 atom stereocenters. The van der Waals surface area contributed by atoms with Crippen LogP contribution in [0.5, 0.6) is 5.75 Å². The molecule has 1 aromatic heterocycles. The highest BCUT2D eigenvalue weighted by atomic mass is 16.5. The molecule has 16 heavy (non-hydrogen) atoms. The Morgan fingerprint density at radius 2 is 2.31 bits per heavy atom. The second-order valence-electron chi connectivity index (χ2n) is 3.50. The average Bonchev–Trinajstić information content (AvgIpc) is 2.55. The summed E-state index contributed by atoms with van der Waals surface area (Å²) in [7, 11) is 3.36. The van der Waals surface area contributed by atoms with Crippen molar-refractivity contribution in [2.24, 2.45) is 7.05 Å². The van der Waals surface area contributed by atoms with Gasteiger partial charge in [-0.15, -0.1) is 0 Å². The maximum atomic E-state index is 10.7. The van der Waals surface area contributed by atoms with Crippen LogP contribution in [0.2, 0.25) is 0 Å². The van der Waals surface area contributed by atoms with Crippen molar-refractivity contribution in [2.45, 2.75) is 6.42 Å². The summed E-state index contributed by atoms with van der Waals surface area (Å²) in [5, 5.41) is 13.8. The van der Waals surface area contributed by atoms with Gasteiger partial charge < -0.3 is 9.84 Å². The Hall–Kier alpha value is -2.04. The Morgan fingerprint density at radius 3 is 2.94 bits per heavy atom. The van der Waals surface area contributed by atoms with Crippen molar-refractivity contribution in [1.29, 1.82) is 0 Å². The zero-order valence-corrected chi connectivity index (χ0v) is 9.10. The van der Waals surface area contributed by atoms with Crippen LogP contribution in [0.1, 0.15) is 5.69 Å². The highest BCUT2D eigenvalue weighted by molar-refractivity contribution is 5.89. The molecule has 5 nitrogen and oxygen atoms in total. The number of benzene rings is 1. The van der Waals surface area contributed by atoms with Gasteiger partial charge in [0.05, 0.1) is 19.2 Å². The molecule has 0 bridgehead atoms. The minimum Gasteiger partial charge on any atom is -0.494 e. The van der Waals surface area contributed by atoms with Crippen molar-refractivity contribution in [3.63, 3.8) is 0 Å². The van der Waals surface area contributed by atoms with Crippen molar-refractivity contribution < 1.29 is 14.6 Å². The Morgan fingerprint density at radius 1 is 1.56 bits per heavy atom. The Kier molecular flexibility index (Phi) is 2.52. The summed E-state index contributed by atoms with van der Waals surface area (Å²) in [5.41, 5.74) is 1.38. The van der Waals surface area contributed by atoms with E-state index >= 15 is 0 Å². The summed E-state index contributed by atoms with van der Waals surface area (Å²) in [6, 6.07) is 5.51. The molecule has 0 saturated carbocycles. The summed E-state index contributed by atoms with van der Waals surface area (Å²) in [6.45, 7) is 0. The largest absolute Gasteiger partial charge is 0.494 e. The molecule has 0 fully saturated rings. The topological polar surface area (TPSA) is 64.3 Å². The molecule has 1 aromatic carbocycles. The molecule has 0 aliphatic carbocycles. The van der Waals surface area contributed by atoms with Crippen LogP contribution in [-0.4, -0.2) is 28.0 Å². The molecule has 1 N–H and O–H groups in total. The summed E-state index contributed by atoms with van der Waals surface area (Å²) in [4.78, 5) is 10.7. The molecular weight excluding hydrogens is 208 g/mol. The number of carboxylic acid groups (broad SMARTS) is 1. The number of hydrogen-bond acceptors (Lipinski definition) is 3. The number of fused-ring (bicyclic) bond motifs is 1. The number of rotatable bonds is 3. The predicted octanol–water partition coefficient (Wildman–Crippen LogP) is 1.21. The SMILES string of the molecule is COc1cccc2c(CC(=O)O)nn(C)c12. The van der Waals surface area contributed by atoms with Gasteiger partial charge in [-0.2, -0.15) is 5.10 Å². The van der Waals surface area contributed by atoms with Crippen LogP contribution in [0.3, 0.4) is 0 Å². The van der Waals surface area contributed by atoms with Crippen molar-refractivity contribution in [2.75, 3.05) is 7.11 Å². The lowest BCUT2D eigenvalue weighted by molar-refractivity contribution is -0.136. The molecule has 84 valence electrons. The molecule has 2 aromatic rings. The maximum absolute atomic E-state index is 10.7. The zero-order valence-electron chi connectivity index (χ0n) is 9.10. The third kappa shape index (κ3) is 1.60. The van der Waals surface area contributed by atoms with Gasteiger partial charge in [0.15, 0.2) is 0 Å². The second-order valence-corrected chi connectivity index (χ2v) is 3.50. The first-order chi connectivity index (χ1) is 7.63. The Bertz CT molecular complexity index is 545. The van der Waals surface area contributed by atoms with E-state index in [2.05, 4.69) is 5.10 Å². The standard InChI is InChI=1S/C11H12N2O3/c1-13-11-7(4-3-5-9(11)16-2)8(12-13)6-10(14)15/h3-5H,6H2,1-2H3,(H,14,15). The highest BCUT2D eigenvalue weighted by Crippen LogP contribution is 2.27. The van der Waals surface area contributed by atoms with E-state index in [-0.39, 0.29) is 6.42 Å². The van der Waals surface area contributed by atoms with Crippen LogP contribution in [0.15, 0.2) is 18.2 Å². The lowest BCUT2D eigenvalue weighted by Gasteiger charge is -2.02. The van der Waals surface area contributed by atoms with Gasteiger partial charge >= 0.3 is 5.97 Å². The lowest BCUT2D eigenvalue weighted by atomic mass is 10.1. The fourth-order valence-corrected chi connectivity index (χ4v) is 1.81. The van der Waals surface area contributed by atoms with Gasteiger partial charge in [0.25, 0.3) is 0 Å². The van der Waals surface area contributed by atoms with Crippen LogP contribution >= 0.6 is 0 Å². The Labute approximate surface area is 92.2 Å². The van der Waals surface area contributed by atoms with E-state index < -0.39 is 5.97 Å². The number of methoxy groups -OCH3 is 1. The molecule has 0 aliphatic heterocycles. The third-order valence-electron chi connectivity index (χ3n) is 2.44. The van der Waals surface area contributed by atoms with Crippen LogP contribution < -0.4 is 4.74 Å². The van der Waals surface area contributed by atoms with Crippen molar-refractivity contribution >= 4 is 16.9 Å². The lowest BCUT2D eigenvalue weighted by Crippen LogP contribution is -2.01. The highest BCUT2D eigenvalue weighted by Gasteiger charge is 2.14. The zero-order chi connectivity index (χ0) is 11.7. The molecule has 0 aliphatic rings. The van der Waals surface area contributed by atoms with E-state index in [1.807, 2.05) is 18.2 Å². The fraction of sp³-hybridized carbons (Fsp3) is 0.273. The molecular formula is C11H12N2O3. The number of para-hydroxylation sites is 1. The monoisotopic (exact) mass is 220 g/mol. The van der Waals surface area contributed by atoms with Crippen LogP contribution in [0.4, 0.5) is 0 Å². The number of ether oxygens (including phenoxy) is 1. The molecule has 2 rings (SSSR count). The third-order valence-corrected chi connectivity index (χ3v) is 2.44. The smallest absolute Gasteiger partial charge is 0.309 e. The first-order valence-electron chi connectivity index (χ1n) is 4.84. The van der Waals surface area contributed by atoms with E-state index in [0.29, 0.717) is 11.4 Å². The van der Waals surface area contributed by atoms with Crippen molar-refractivity contribution in [3.05, 3.63) is 23.9 Å². The van der Waals surface area contributed by atoms with Gasteiger partial charge in [-0.3, -0.25) is 9.48 Å². The van der Waals surface area contributed by atoms with Gasteiger partial charge in [-0.05, 0) is 6.07 Å². The number of aryl methyl sites for hydroxylation is 1. The summed E-state index contributed by atoms with van der Waals surface area (Å²) < 4.78 is 6.86. The van der Waals surface area contributed by atoms with Gasteiger partial charge in [0.1, 0.15) is 11.3 Å². The first-order valence-corrected chi connectivity index (χ1v) is 4.84. The van der Waals surface area contributed by atoms with E-state index in [1.54, 1.807) is 18.8 Å². The summed E-state index contributed by atoms with van der Waals surface area (Å²) in [5.74, 6) is -0.188. The molecule has 0 radical (unpaired) electrons. The normalized spacial score (nSPS) is 10.6. The minimum absolute atomic E-state index is 0.0789. The number of aliphatic carboxylic acids is 1. The van der Waals surface area contributed by atoms with Crippen LogP contribution in [0, 0.1) is 0 Å². The number of aromatic nitrogens is 2. The van der Waals surface area contributed by atoms with Gasteiger partial charge in [-0.25, -0.2) is 0 Å². The van der Waals surface area contributed by atoms with Crippen LogP contribution in [-0.2, 0) is 18.3 Å². The number of nitrogens with zero attached hydrogens (tertiary/aromatic N) is 2. The molecule has 1 heterocycles. The number of carboxylic acids is 1. The summed E-state index contributed by atoms with van der Waals surface area (Å²) in [6.07, 6.45) is -0.0789. The van der Waals surface area contributed by atoms with Gasteiger partial charge in [0.2, 0.25) is 0 Å². The molecule has 0 amide bonds. The van der Waals surface area contributed by atoms with Gasteiger partial charge in [0, 0.05) is 12.4 Å².